The van der Waals surface area contributed by atoms with Gasteiger partial charge >= 0.3 is 0 Å². The molecule has 0 aliphatic heterocycles. The fourth-order valence-electron chi connectivity index (χ4n) is 2.68. The first-order valence-electron chi connectivity index (χ1n) is 7.68. The van der Waals surface area contributed by atoms with Gasteiger partial charge in [0, 0.05) is 6.92 Å². The van der Waals surface area contributed by atoms with Crippen LogP contribution in [-0.2, 0) is 5.92 Å². The van der Waals surface area contributed by atoms with Crippen LogP contribution in [0.1, 0.15) is 29.3 Å². The first-order valence-corrected chi connectivity index (χ1v) is 8.87. The maximum absolute atomic E-state index is 14.0. The zero-order valence-electron chi connectivity index (χ0n) is 13.7. The van der Waals surface area contributed by atoms with Gasteiger partial charge in [-0.25, -0.2) is 18.4 Å². The molecule has 0 aliphatic carbocycles. The fourth-order valence-corrected chi connectivity index (χ4v) is 3.92. The predicted molar refractivity (Wildman–Crippen MR) is 94.7 cm³/mol. The van der Waals surface area contributed by atoms with Crippen molar-refractivity contribution in [1.29, 1.82) is 0 Å². The van der Waals surface area contributed by atoms with E-state index in [0.717, 1.165) is 18.3 Å². The van der Waals surface area contributed by atoms with E-state index in [1.165, 1.54) is 39.9 Å². The molecule has 27 heavy (non-hydrogen) atoms. The molecule has 4 aromatic rings. The Bertz CT molecular complexity index is 1130. The van der Waals surface area contributed by atoms with E-state index in [-0.39, 0.29) is 27.0 Å². The monoisotopic (exact) mass is 411 g/mol. The number of aliphatic hydroxyl groups is 1. The largest absolute Gasteiger partial charge is 0.506 e. The second kappa shape index (κ2) is 6.25. The Kier molecular flexibility index (Phi) is 4.13. The molecule has 1 unspecified atom stereocenters. The lowest BCUT2D eigenvalue weighted by Gasteiger charge is -2.14. The molecular formula is C16H12ClF2N5O2S. The molecule has 1 aromatic carbocycles. The molecule has 0 saturated carbocycles. The molecule has 0 aliphatic rings. The topological polar surface area (TPSA) is 88.5 Å². The summed E-state index contributed by atoms with van der Waals surface area (Å²) in [6, 6.07) is 4.40. The Morgan fingerprint density at radius 3 is 2.81 bits per heavy atom. The van der Waals surface area contributed by atoms with Crippen LogP contribution >= 0.6 is 22.9 Å². The van der Waals surface area contributed by atoms with Gasteiger partial charge in [0.1, 0.15) is 28.7 Å². The van der Waals surface area contributed by atoms with Gasteiger partial charge in [0.25, 0.3) is 5.92 Å². The van der Waals surface area contributed by atoms with Crippen molar-refractivity contribution in [1.82, 2.24) is 24.4 Å². The molecule has 0 bridgehead atoms. The summed E-state index contributed by atoms with van der Waals surface area (Å²) in [5.41, 5.74) is 0.566. The standard InChI is InChI=1S/C16H12ClF2N5O2S/c1-16(18,19)15-13(23-7-20-5-12(23)27-15)14(26)10-6-24(22-21-10)8-2-3-11(25)9(17)4-8/h2-7,14,25-26H,1H3. The third-order valence-corrected chi connectivity index (χ3v) is 5.53. The van der Waals surface area contributed by atoms with Gasteiger partial charge in [-0.15, -0.1) is 16.4 Å². The third kappa shape index (κ3) is 3.05. The van der Waals surface area contributed by atoms with Crippen molar-refractivity contribution in [3.8, 4) is 11.4 Å². The number of nitrogens with zero attached hydrogens (tertiary/aromatic N) is 5. The lowest BCUT2D eigenvalue weighted by atomic mass is 10.1. The molecule has 1 atom stereocenters. The zero-order chi connectivity index (χ0) is 19.3. The van der Waals surface area contributed by atoms with Gasteiger partial charge in [-0.3, -0.25) is 4.40 Å². The second-order valence-electron chi connectivity index (χ2n) is 5.93. The van der Waals surface area contributed by atoms with E-state index in [0.29, 0.717) is 10.5 Å². The van der Waals surface area contributed by atoms with E-state index in [2.05, 4.69) is 15.3 Å². The van der Waals surface area contributed by atoms with Gasteiger partial charge < -0.3 is 10.2 Å². The predicted octanol–water partition coefficient (Wildman–Crippen LogP) is 3.53. The van der Waals surface area contributed by atoms with Crippen LogP contribution in [0.4, 0.5) is 8.78 Å². The highest BCUT2D eigenvalue weighted by atomic mass is 35.5. The maximum atomic E-state index is 14.0. The van der Waals surface area contributed by atoms with Crippen molar-refractivity contribution in [2.45, 2.75) is 19.0 Å². The Morgan fingerprint density at radius 1 is 1.33 bits per heavy atom. The molecule has 11 heteroatoms. The van der Waals surface area contributed by atoms with Crippen LogP contribution in [0.5, 0.6) is 5.75 Å². The van der Waals surface area contributed by atoms with Crippen LogP contribution in [-0.4, -0.2) is 34.6 Å². The smallest absolute Gasteiger partial charge is 0.281 e. The van der Waals surface area contributed by atoms with E-state index in [4.69, 9.17) is 11.6 Å². The minimum Gasteiger partial charge on any atom is -0.506 e. The number of phenols is 1. The minimum absolute atomic E-state index is 0.00390. The van der Waals surface area contributed by atoms with Gasteiger partial charge in [-0.2, -0.15) is 0 Å². The van der Waals surface area contributed by atoms with Gasteiger partial charge in [-0.1, -0.05) is 16.8 Å². The SMILES string of the molecule is CC(F)(F)c1sc2cncn2c1C(O)c1cn(-c2ccc(O)c(Cl)c2)nn1. The number of aromatic nitrogens is 5. The number of phenolic OH excluding ortho intramolecular Hbond substituents is 1. The van der Waals surface area contributed by atoms with Crippen molar-refractivity contribution in [2.24, 2.45) is 0 Å². The highest BCUT2D eigenvalue weighted by Gasteiger charge is 2.35. The van der Waals surface area contributed by atoms with E-state index < -0.39 is 12.0 Å². The number of halogens is 3. The molecule has 4 rings (SSSR count). The van der Waals surface area contributed by atoms with Crippen molar-refractivity contribution >= 4 is 27.8 Å². The number of imidazole rings is 1. The number of alkyl halides is 2. The Morgan fingerprint density at radius 2 is 2.11 bits per heavy atom. The van der Waals surface area contributed by atoms with Crippen LogP contribution in [0, 0.1) is 0 Å². The number of benzene rings is 1. The summed E-state index contributed by atoms with van der Waals surface area (Å²) in [4.78, 5) is 4.15. The number of hydrogen-bond donors (Lipinski definition) is 2. The van der Waals surface area contributed by atoms with Crippen molar-refractivity contribution in [2.75, 3.05) is 0 Å². The third-order valence-electron chi connectivity index (χ3n) is 3.95. The average molecular weight is 412 g/mol. The Balaban J connectivity index is 1.77. The summed E-state index contributed by atoms with van der Waals surface area (Å²) >= 11 is 6.74. The molecule has 3 heterocycles. The summed E-state index contributed by atoms with van der Waals surface area (Å²) in [5.74, 6) is -3.23. The highest BCUT2D eigenvalue weighted by Crippen LogP contribution is 2.40. The summed E-state index contributed by atoms with van der Waals surface area (Å²) < 4.78 is 30.8. The Hall–Kier alpha value is -2.56. The van der Waals surface area contributed by atoms with Crippen molar-refractivity contribution < 1.29 is 19.0 Å². The lowest BCUT2D eigenvalue weighted by molar-refractivity contribution is 0.0180. The molecule has 3 aromatic heterocycles. The van der Waals surface area contributed by atoms with Crippen LogP contribution in [0.2, 0.25) is 5.02 Å². The molecule has 0 radical (unpaired) electrons. The molecule has 140 valence electrons. The molecule has 0 amide bonds. The van der Waals surface area contributed by atoms with Gasteiger partial charge in [0.05, 0.1) is 33.7 Å². The first kappa shape index (κ1) is 17.8. The first-order chi connectivity index (χ1) is 12.8. The zero-order valence-corrected chi connectivity index (χ0v) is 15.3. The van der Waals surface area contributed by atoms with E-state index in [1.807, 2.05) is 0 Å². The number of aromatic hydroxyl groups is 1. The molecule has 0 fully saturated rings. The maximum Gasteiger partial charge on any atom is 0.281 e. The molecule has 2 N–H and O–H groups in total. The number of thiazole rings is 1. The van der Waals surface area contributed by atoms with Crippen LogP contribution < -0.4 is 0 Å². The number of aliphatic hydroxyl groups excluding tert-OH is 1. The second-order valence-corrected chi connectivity index (χ2v) is 7.37. The Labute approximate surface area is 160 Å². The van der Waals surface area contributed by atoms with E-state index in [1.54, 1.807) is 6.07 Å². The normalized spacial score (nSPS) is 13.4. The number of fused-ring (bicyclic) bond motifs is 1. The van der Waals surface area contributed by atoms with Crippen LogP contribution in [0.3, 0.4) is 0 Å². The minimum atomic E-state index is -3.14. The van der Waals surface area contributed by atoms with Crippen molar-refractivity contribution in [3.63, 3.8) is 0 Å². The van der Waals surface area contributed by atoms with Gasteiger partial charge in [0.2, 0.25) is 0 Å². The van der Waals surface area contributed by atoms with Crippen LogP contribution in [0.25, 0.3) is 10.5 Å². The van der Waals surface area contributed by atoms with E-state index >= 15 is 0 Å². The van der Waals surface area contributed by atoms with Gasteiger partial charge in [-0.05, 0) is 18.2 Å². The lowest BCUT2D eigenvalue weighted by Crippen LogP contribution is -2.13. The highest BCUT2D eigenvalue weighted by molar-refractivity contribution is 7.17. The molecule has 7 nitrogen and oxygen atoms in total. The molecule has 0 spiro atoms. The molecular weight excluding hydrogens is 400 g/mol. The van der Waals surface area contributed by atoms with E-state index in [9.17, 15) is 19.0 Å². The number of hydrogen-bond acceptors (Lipinski definition) is 6. The van der Waals surface area contributed by atoms with Crippen LogP contribution in [0.15, 0.2) is 36.9 Å². The van der Waals surface area contributed by atoms with Crippen molar-refractivity contribution in [3.05, 3.63) is 58.2 Å². The number of rotatable bonds is 4. The average Bonchev–Trinajstić information content (AvgIpc) is 3.30. The summed E-state index contributed by atoms with van der Waals surface area (Å²) in [6.07, 6.45) is 2.79. The quantitative estimate of drug-likeness (QED) is 0.536. The summed E-state index contributed by atoms with van der Waals surface area (Å²) in [6.45, 7) is 0.775. The summed E-state index contributed by atoms with van der Waals surface area (Å²) in [5, 5.41) is 28.2. The fraction of sp³-hybridized carbons (Fsp3) is 0.188. The molecule has 0 saturated heterocycles. The van der Waals surface area contributed by atoms with Gasteiger partial charge in [0.15, 0.2) is 0 Å². The summed E-state index contributed by atoms with van der Waals surface area (Å²) in [7, 11) is 0.